The number of hydrogen-bond donors (Lipinski definition) is 2. The zero-order valence-electron chi connectivity index (χ0n) is 14.5. The average molecular weight is 346 g/mol. The van der Waals surface area contributed by atoms with E-state index >= 15 is 0 Å². The van der Waals surface area contributed by atoms with Gasteiger partial charge >= 0.3 is 0 Å². The van der Waals surface area contributed by atoms with E-state index in [-0.39, 0.29) is 6.04 Å². The molecular weight excluding hydrogens is 320 g/mol. The molecule has 0 heterocycles. The molecule has 1 unspecified atom stereocenters. The molecule has 0 radical (unpaired) electrons. The highest BCUT2D eigenvalue weighted by Gasteiger charge is 2.16. The number of hydrogen-bond acceptors (Lipinski definition) is 3. The summed E-state index contributed by atoms with van der Waals surface area (Å²) in [5, 5.41) is 3.41. The van der Waals surface area contributed by atoms with Crippen LogP contribution < -0.4 is 10.0 Å². The van der Waals surface area contributed by atoms with Crippen LogP contribution in [0.2, 0.25) is 0 Å². The summed E-state index contributed by atoms with van der Waals surface area (Å²) in [5.41, 5.74) is 2.92. The van der Waals surface area contributed by atoms with Crippen LogP contribution >= 0.6 is 0 Å². The lowest BCUT2D eigenvalue weighted by atomic mass is 10.1. The maximum Gasteiger partial charge on any atom is 0.240 e. The molecule has 0 saturated heterocycles. The van der Waals surface area contributed by atoms with E-state index in [9.17, 15) is 8.42 Å². The monoisotopic (exact) mass is 346 g/mol. The topological polar surface area (TPSA) is 58.2 Å². The highest BCUT2D eigenvalue weighted by atomic mass is 32.2. The Balaban J connectivity index is 1.92. The van der Waals surface area contributed by atoms with Crippen LogP contribution in [0.3, 0.4) is 0 Å². The van der Waals surface area contributed by atoms with Crippen molar-refractivity contribution in [2.45, 2.75) is 38.1 Å². The standard InChI is InChI=1S/C19H26N2O2S/c1-4-18(17-8-6-5-7-9-17)20-12-13-21-24(22,23)19-14-15(2)10-11-16(19)3/h5-11,14,18,20-21H,4,12-13H2,1-3H3. The van der Waals surface area contributed by atoms with Crippen molar-refractivity contribution in [3.05, 3.63) is 65.2 Å². The van der Waals surface area contributed by atoms with E-state index in [1.165, 1.54) is 5.56 Å². The summed E-state index contributed by atoms with van der Waals surface area (Å²) >= 11 is 0. The van der Waals surface area contributed by atoms with E-state index in [0.717, 1.165) is 17.5 Å². The van der Waals surface area contributed by atoms with Crippen LogP contribution in [0.4, 0.5) is 0 Å². The third-order valence-electron chi connectivity index (χ3n) is 4.05. The van der Waals surface area contributed by atoms with Gasteiger partial charge in [-0.15, -0.1) is 0 Å². The van der Waals surface area contributed by atoms with Gasteiger partial charge in [0.15, 0.2) is 0 Å². The molecule has 0 aromatic heterocycles. The van der Waals surface area contributed by atoms with Crippen LogP contribution in [0.15, 0.2) is 53.4 Å². The smallest absolute Gasteiger partial charge is 0.240 e. The van der Waals surface area contributed by atoms with E-state index in [4.69, 9.17) is 0 Å². The fourth-order valence-electron chi connectivity index (χ4n) is 2.69. The second kappa shape index (κ2) is 8.42. The Morgan fingerprint density at radius 1 is 1.00 bits per heavy atom. The van der Waals surface area contributed by atoms with Gasteiger partial charge in [-0.2, -0.15) is 0 Å². The molecule has 130 valence electrons. The predicted octanol–water partition coefficient (Wildman–Crippen LogP) is 3.32. The van der Waals surface area contributed by atoms with Crippen LogP contribution in [-0.4, -0.2) is 21.5 Å². The average Bonchev–Trinajstić information content (AvgIpc) is 2.58. The Morgan fingerprint density at radius 3 is 2.38 bits per heavy atom. The van der Waals surface area contributed by atoms with Gasteiger partial charge in [-0.1, -0.05) is 49.4 Å². The van der Waals surface area contributed by atoms with Gasteiger partial charge in [0, 0.05) is 19.1 Å². The summed E-state index contributed by atoms with van der Waals surface area (Å²) in [6.45, 7) is 6.77. The molecular formula is C19H26N2O2S. The molecule has 0 aliphatic carbocycles. The normalized spacial score (nSPS) is 13.0. The van der Waals surface area contributed by atoms with E-state index in [0.29, 0.717) is 18.0 Å². The predicted molar refractivity (Wildman–Crippen MR) is 98.6 cm³/mol. The lowest BCUT2D eigenvalue weighted by Crippen LogP contribution is -2.33. The van der Waals surface area contributed by atoms with Crippen molar-refractivity contribution in [1.29, 1.82) is 0 Å². The molecule has 0 amide bonds. The quantitative estimate of drug-likeness (QED) is 0.721. The van der Waals surface area contributed by atoms with Crippen molar-refractivity contribution in [3.8, 4) is 0 Å². The SMILES string of the molecule is CCC(NCCNS(=O)(=O)c1cc(C)ccc1C)c1ccccc1. The highest BCUT2D eigenvalue weighted by Crippen LogP contribution is 2.17. The third-order valence-corrected chi connectivity index (χ3v) is 5.65. The minimum atomic E-state index is -3.47. The minimum Gasteiger partial charge on any atom is -0.309 e. The van der Waals surface area contributed by atoms with Crippen LogP contribution in [0, 0.1) is 13.8 Å². The number of sulfonamides is 1. The van der Waals surface area contributed by atoms with Crippen molar-refractivity contribution < 1.29 is 8.42 Å². The van der Waals surface area contributed by atoms with E-state index in [2.05, 4.69) is 29.1 Å². The first kappa shape index (κ1) is 18.6. The molecule has 4 nitrogen and oxygen atoms in total. The first-order chi connectivity index (χ1) is 11.4. The van der Waals surface area contributed by atoms with Crippen LogP contribution in [0.25, 0.3) is 0 Å². The maximum atomic E-state index is 12.5. The summed E-state index contributed by atoms with van der Waals surface area (Å²) in [4.78, 5) is 0.359. The third kappa shape index (κ3) is 4.90. The number of benzene rings is 2. The van der Waals surface area contributed by atoms with Crippen molar-refractivity contribution in [2.24, 2.45) is 0 Å². The van der Waals surface area contributed by atoms with Crippen LogP contribution in [0.5, 0.6) is 0 Å². The second-order valence-electron chi connectivity index (χ2n) is 5.99. The van der Waals surface area contributed by atoms with Crippen molar-refractivity contribution >= 4 is 10.0 Å². The Morgan fingerprint density at radius 2 is 1.71 bits per heavy atom. The van der Waals surface area contributed by atoms with Crippen molar-refractivity contribution in [1.82, 2.24) is 10.0 Å². The molecule has 1 atom stereocenters. The second-order valence-corrected chi connectivity index (χ2v) is 7.73. The maximum absolute atomic E-state index is 12.5. The molecule has 0 bridgehead atoms. The Bertz CT molecular complexity index is 758. The molecule has 0 aliphatic rings. The van der Waals surface area contributed by atoms with E-state index < -0.39 is 10.0 Å². The molecule has 24 heavy (non-hydrogen) atoms. The molecule has 0 saturated carbocycles. The molecule has 0 spiro atoms. The molecule has 0 fully saturated rings. The van der Waals surface area contributed by atoms with Crippen LogP contribution in [-0.2, 0) is 10.0 Å². The first-order valence-electron chi connectivity index (χ1n) is 8.29. The van der Waals surface area contributed by atoms with E-state index in [1.807, 2.05) is 44.2 Å². The van der Waals surface area contributed by atoms with Gasteiger partial charge in [0.05, 0.1) is 4.90 Å². The van der Waals surface area contributed by atoms with Gasteiger partial charge in [-0.25, -0.2) is 13.1 Å². The number of nitrogens with one attached hydrogen (secondary N) is 2. The fourth-order valence-corrected chi connectivity index (χ4v) is 4.05. The minimum absolute atomic E-state index is 0.233. The summed E-state index contributed by atoms with van der Waals surface area (Å²) in [5.74, 6) is 0. The fraction of sp³-hybridized carbons (Fsp3) is 0.368. The van der Waals surface area contributed by atoms with Gasteiger partial charge in [-0.05, 0) is 43.0 Å². The van der Waals surface area contributed by atoms with E-state index in [1.54, 1.807) is 6.07 Å². The van der Waals surface area contributed by atoms with Gasteiger partial charge in [0.25, 0.3) is 0 Å². The largest absolute Gasteiger partial charge is 0.309 e. The summed E-state index contributed by atoms with van der Waals surface area (Å²) < 4.78 is 27.6. The number of aryl methyl sites for hydroxylation is 2. The molecule has 2 rings (SSSR count). The van der Waals surface area contributed by atoms with Crippen molar-refractivity contribution in [2.75, 3.05) is 13.1 Å². The summed E-state index contributed by atoms with van der Waals surface area (Å²) in [6.07, 6.45) is 0.952. The highest BCUT2D eigenvalue weighted by molar-refractivity contribution is 7.89. The summed E-state index contributed by atoms with van der Waals surface area (Å²) in [7, 11) is -3.47. The molecule has 0 aliphatic heterocycles. The number of rotatable bonds is 8. The molecule has 2 aromatic rings. The zero-order chi connectivity index (χ0) is 17.6. The molecule has 2 aromatic carbocycles. The Kier molecular flexibility index (Phi) is 6.54. The van der Waals surface area contributed by atoms with Gasteiger partial charge < -0.3 is 5.32 Å². The molecule has 5 heteroatoms. The zero-order valence-corrected chi connectivity index (χ0v) is 15.4. The Hall–Kier alpha value is -1.69. The lowest BCUT2D eigenvalue weighted by molar-refractivity contribution is 0.515. The van der Waals surface area contributed by atoms with Crippen LogP contribution in [0.1, 0.15) is 36.1 Å². The van der Waals surface area contributed by atoms with Gasteiger partial charge in [0.1, 0.15) is 0 Å². The molecule has 2 N–H and O–H groups in total. The Labute approximate surface area is 145 Å². The van der Waals surface area contributed by atoms with Gasteiger partial charge in [0.2, 0.25) is 10.0 Å². The van der Waals surface area contributed by atoms with Gasteiger partial charge in [-0.3, -0.25) is 0 Å². The first-order valence-corrected chi connectivity index (χ1v) is 9.77. The van der Waals surface area contributed by atoms with Crippen molar-refractivity contribution in [3.63, 3.8) is 0 Å². The summed E-state index contributed by atoms with van der Waals surface area (Å²) in [6, 6.07) is 15.9. The lowest BCUT2D eigenvalue weighted by Gasteiger charge is -2.18.